The van der Waals surface area contributed by atoms with Crippen LogP contribution in [0.3, 0.4) is 0 Å². The molecule has 0 heterocycles. The summed E-state index contributed by atoms with van der Waals surface area (Å²) >= 11 is 0. The Morgan fingerprint density at radius 1 is 1.12 bits per heavy atom. The van der Waals surface area contributed by atoms with E-state index < -0.39 is 0 Å². The molecule has 0 aliphatic heterocycles. The molecule has 0 saturated carbocycles. The van der Waals surface area contributed by atoms with Gasteiger partial charge in [-0.05, 0) is 29.3 Å². The van der Waals surface area contributed by atoms with Gasteiger partial charge in [0, 0.05) is 12.6 Å². The van der Waals surface area contributed by atoms with E-state index in [2.05, 4.69) is 5.32 Å². The fourth-order valence-corrected chi connectivity index (χ4v) is 1.72. The van der Waals surface area contributed by atoms with Gasteiger partial charge in [0.25, 0.3) is 5.91 Å². The lowest BCUT2D eigenvalue weighted by Gasteiger charge is -2.08. The average molecular weight is 229 g/mol. The zero-order chi connectivity index (χ0) is 12.3. The summed E-state index contributed by atoms with van der Waals surface area (Å²) in [6.07, 6.45) is 0. The van der Waals surface area contributed by atoms with Crippen molar-refractivity contribution in [3.05, 3.63) is 59.9 Å². The third-order valence-electron chi connectivity index (χ3n) is 2.53. The minimum Gasteiger partial charge on any atom is -0.355 e. The van der Waals surface area contributed by atoms with Crippen LogP contribution in [0.4, 0.5) is 4.39 Å². The van der Waals surface area contributed by atoms with Crippen LogP contribution in [0.1, 0.15) is 10.4 Å². The van der Waals surface area contributed by atoms with Crippen LogP contribution >= 0.6 is 0 Å². The number of hydrogen-bond acceptors (Lipinski definition) is 1. The van der Waals surface area contributed by atoms with Crippen molar-refractivity contribution in [1.82, 2.24) is 5.32 Å². The maximum Gasteiger partial charge on any atom is 0.251 e. The van der Waals surface area contributed by atoms with Crippen LogP contribution in [0.5, 0.6) is 0 Å². The van der Waals surface area contributed by atoms with Gasteiger partial charge < -0.3 is 5.32 Å². The maximum atomic E-state index is 13.2. The molecule has 17 heavy (non-hydrogen) atoms. The zero-order valence-electron chi connectivity index (χ0n) is 9.41. The first-order valence-corrected chi connectivity index (χ1v) is 5.29. The van der Waals surface area contributed by atoms with Crippen LogP contribution in [0.25, 0.3) is 11.1 Å². The van der Waals surface area contributed by atoms with Gasteiger partial charge >= 0.3 is 0 Å². The predicted molar refractivity (Wildman–Crippen MR) is 65.2 cm³/mol. The molecule has 1 amide bonds. The summed E-state index contributed by atoms with van der Waals surface area (Å²) in [5.74, 6) is -0.487. The second kappa shape index (κ2) is 4.78. The largest absolute Gasteiger partial charge is 0.355 e. The number of halogens is 1. The van der Waals surface area contributed by atoms with Crippen molar-refractivity contribution in [3.8, 4) is 11.1 Å². The Labute approximate surface area is 99.1 Å². The lowest BCUT2D eigenvalue weighted by molar-refractivity contribution is 0.0963. The van der Waals surface area contributed by atoms with E-state index in [9.17, 15) is 9.18 Å². The second-order valence-corrected chi connectivity index (χ2v) is 3.64. The van der Waals surface area contributed by atoms with E-state index in [4.69, 9.17) is 0 Å². The molecule has 0 spiro atoms. The lowest BCUT2D eigenvalue weighted by atomic mass is 9.99. The molecule has 2 aromatic carbocycles. The van der Waals surface area contributed by atoms with E-state index in [-0.39, 0.29) is 11.7 Å². The van der Waals surface area contributed by atoms with Crippen molar-refractivity contribution in [2.45, 2.75) is 0 Å². The zero-order valence-corrected chi connectivity index (χ0v) is 9.41. The molecule has 2 rings (SSSR count). The lowest BCUT2D eigenvalue weighted by Crippen LogP contribution is -2.18. The van der Waals surface area contributed by atoms with E-state index in [1.165, 1.54) is 12.1 Å². The predicted octanol–water partition coefficient (Wildman–Crippen LogP) is 2.85. The van der Waals surface area contributed by atoms with Gasteiger partial charge in [-0.3, -0.25) is 4.79 Å². The number of rotatable bonds is 2. The Morgan fingerprint density at radius 3 is 2.59 bits per heavy atom. The highest BCUT2D eigenvalue weighted by Crippen LogP contribution is 2.24. The minimum absolute atomic E-state index is 0.176. The summed E-state index contributed by atoms with van der Waals surface area (Å²) in [7, 11) is 1.57. The van der Waals surface area contributed by atoms with Crippen LogP contribution in [0, 0.1) is 5.82 Å². The van der Waals surface area contributed by atoms with Gasteiger partial charge in [0.1, 0.15) is 5.82 Å². The summed E-state index contributed by atoms with van der Waals surface area (Å²) in [6, 6.07) is 13.3. The van der Waals surface area contributed by atoms with E-state index in [1.54, 1.807) is 37.4 Å². The Bertz CT molecular complexity index is 551. The molecular formula is C14H12FNO. The fraction of sp³-hybridized carbons (Fsp3) is 0.0714. The van der Waals surface area contributed by atoms with Crippen LogP contribution < -0.4 is 5.32 Å². The van der Waals surface area contributed by atoms with Crippen LogP contribution in [0.15, 0.2) is 48.5 Å². The van der Waals surface area contributed by atoms with E-state index in [0.717, 1.165) is 5.56 Å². The van der Waals surface area contributed by atoms with Crippen molar-refractivity contribution in [2.24, 2.45) is 0 Å². The molecule has 86 valence electrons. The van der Waals surface area contributed by atoms with Gasteiger partial charge in [-0.2, -0.15) is 0 Å². The van der Waals surface area contributed by atoms with Gasteiger partial charge in [-0.25, -0.2) is 4.39 Å². The molecule has 0 atom stereocenters. The van der Waals surface area contributed by atoms with Gasteiger partial charge in [-0.1, -0.05) is 30.3 Å². The first-order valence-electron chi connectivity index (χ1n) is 5.29. The molecule has 0 fully saturated rings. The van der Waals surface area contributed by atoms with Crippen molar-refractivity contribution in [1.29, 1.82) is 0 Å². The summed E-state index contributed by atoms with van der Waals surface area (Å²) in [5.41, 5.74) is 1.97. The molecule has 0 saturated heterocycles. The number of nitrogens with one attached hydrogen (secondary N) is 1. The highest BCUT2D eigenvalue weighted by molar-refractivity contribution is 6.00. The molecule has 2 nitrogen and oxygen atoms in total. The monoisotopic (exact) mass is 229 g/mol. The third-order valence-corrected chi connectivity index (χ3v) is 2.53. The number of amides is 1. The number of hydrogen-bond donors (Lipinski definition) is 1. The summed E-state index contributed by atoms with van der Waals surface area (Å²) in [6.45, 7) is 0. The molecule has 0 aliphatic carbocycles. The molecular weight excluding hydrogens is 217 g/mol. The summed E-state index contributed by atoms with van der Waals surface area (Å²) in [4.78, 5) is 11.7. The van der Waals surface area contributed by atoms with Gasteiger partial charge in [0.05, 0.1) is 0 Å². The molecule has 0 bridgehead atoms. The van der Waals surface area contributed by atoms with Gasteiger partial charge in [-0.15, -0.1) is 0 Å². The van der Waals surface area contributed by atoms with Gasteiger partial charge in [0.2, 0.25) is 0 Å². The van der Waals surface area contributed by atoms with Crippen LogP contribution in [-0.4, -0.2) is 13.0 Å². The first-order chi connectivity index (χ1) is 8.22. The normalized spacial score (nSPS) is 10.0. The standard InChI is InChI=1S/C14H12FNO/c1-16-14(17)13-8-3-2-7-12(13)10-5-4-6-11(15)9-10/h2-9H,1H3,(H,16,17). The van der Waals surface area contributed by atoms with Crippen molar-refractivity contribution in [2.75, 3.05) is 7.05 Å². The maximum absolute atomic E-state index is 13.2. The van der Waals surface area contributed by atoms with Crippen molar-refractivity contribution >= 4 is 5.91 Å². The molecule has 0 unspecified atom stereocenters. The minimum atomic E-state index is -0.311. The number of benzene rings is 2. The molecule has 3 heteroatoms. The summed E-state index contributed by atoms with van der Waals surface area (Å²) < 4.78 is 13.2. The van der Waals surface area contributed by atoms with E-state index >= 15 is 0 Å². The molecule has 0 radical (unpaired) electrons. The van der Waals surface area contributed by atoms with E-state index in [0.29, 0.717) is 11.1 Å². The Balaban J connectivity index is 2.55. The SMILES string of the molecule is CNC(=O)c1ccccc1-c1cccc(F)c1. The fourth-order valence-electron chi connectivity index (χ4n) is 1.72. The average Bonchev–Trinajstić information content (AvgIpc) is 2.38. The molecule has 2 aromatic rings. The number of carbonyl (C=O) groups is 1. The Hall–Kier alpha value is -2.16. The van der Waals surface area contributed by atoms with Crippen molar-refractivity contribution in [3.63, 3.8) is 0 Å². The van der Waals surface area contributed by atoms with Crippen LogP contribution in [-0.2, 0) is 0 Å². The molecule has 0 aliphatic rings. The third kappa shape index (κ3) is 2.33. The Morgan fingerprint density at radius 2 is 1.88 bits per heavy atom. The quantitative estimate of drug-likeness (QED) is 0.842. The van der Waals surface area contributed by atoms with E-state index in [1.807, 2.05) is 6.07 Å². The molecule has 0 aromatic heterocycles. The highest BCUT2D eigenvalue weighted by Gasteiger charge is 2.10. The molecule has 1 N–H and O–H groups in total. The van der Waals surface area contributed by atoms with Crippen molar-refractivity contribution < 1.29 is 9.18 Å². The van der Waals surface area contributed by atoms with Crippen LogP contribution in [0.2, 0.25) is 0 Å². The topological polar surface area (TPSA) is 29.1 Å². The highest BCUT2D eigenvalue weighted by atomic mass is 19.1. The van der Waals surface area contributed by atoms with Gasteiger partial charge in [0.15, 0.2) is 0 Å². The smallest absolute Gasteiger partial charge is 0.251 e. The first kappa shape index (κ1) is 11.3. The Kier molecular flexibility index (Phi) is 3.19. The number of carbonyl (C=O) groups excluding carboxylic acids is 1. The summed E-state index contributed by atoms with van der Waals surface area (Å²) in [5, 5.41) is 2.57. The second-order valence-electron chi connectivity index (χ2n) is 3.64.